The topological polar surface area (TPSA) is 46.5 Å². The van der Waals surface area contributed by atoms with E-state index in [1.807, 2.05) is 66.7 Å². The molecule has 0 saturated heterocycles. The molecule has 3 aromatic rings. The number of hydrogen-bond acceptors (Lipinski definition) is 2. The second-order valence-corrected chi connectivity index (χ2v) is 6.16. The van der Waals surface area contributed by atoms with E-state index in [-0.39, 0.29) is 0 Å². The Hall–Kier alpha value is -2.81. The van der Waals surface area contributed by atoms with Crippen molar-refractivity contribution in [3.63, 3.8) is 0 Å². The molecule has 0 heterocycles. The van der Waals surface area contributed by atoms with Gasteiger partial charge in [-0.3, -0.25) is 4.79 Å². The van der Waals surface area contributed by atoms with E-state index < -0.39 is 11.9 Å². The maximum atomic E-state index is 12.0. The molecule has 1 atom stereocenters. The van der Waals surface area contributed by atoms with E-state index in [9.17, 15) is 9.90 Å². The van der Waals surface area contributed by atoms with Gasteiger partial charge < -0.3 is 9.84 Å². The Kier molecular flexibility index (Phi) is 5.34. The number of hydrogen-bond donors (Lipinski definition) is 1. The maximum absolute atomic E-state index is 12.0. The van der Waals surface area contributed by atoms with Crippen LogP contribution in [-0.4, -0.2) is 17.7 Å². The zero-order chi connectivity index (χ0) is 17.6. The Balaban J connectivity index is 1.93. The lowest BCUT2D eigenvalue weighted by molar-refractivity contribution is -0.138. The predicted octanol–water partition coefficient (Wildman–Crippen LogP) is 5.04. The van der Waals surface area contributed by atoms with E-state index in [2.05, 4.69) is 6.92 Å². The lowest BCUT2D eigenvalue weighted by atomic mass is 9.88. The number of carboxylic acid groups (broad SMARTS) is 1. The van der Waals surface area contributed by atoms with Gasteiger partial charge >= 0.3 is 5.97 Å². The third-order valence-corrected chi connectivity index (χ3v) is 4.31. The Bertz CT molecular complexity index is 865. The van der Waals surface area contributed by atoms with Crippen LogP contribution in [0.15, 0.2) is 66.7 Å². The molecule has 128 valence electrons. The number of fused-ring (bicyclic) bond motifs is 1. The second-order valence-electron chi connectivity index (χ2n) is 6.16. The molecule has 3 heteroatoms. The SMILES string of the molecule is CCCOc1cccc(CC(C(=O)O)c2cccc3ccccc23)c1. The number of carboxylic acids is 1. The summed E-state index contributed by atoms with van der Waals surface area (Å²) in [5, 5.41) is 11.9. The monoisotopic (exact) mass is 334 g/mol. The van der Waals surface area contributed by atoms with Crippen LogP contribution in [0, 0.1) is 0 Å². The average molecular weight is 334 g/mol. The summed E-state index contributed by atoms with van der Waals surface area (Å²) in [4.78, 5) is 12.0. The first-order valence-corrected chi connectivity index (χ1v) is 8.61. The molecule has 0 bridgehead atoms. The molecule has 3 rings (SSSR count). The number of aliphatic carboxylic acids is 1. The van der Waals surface area contributed by atoms with Gasteiger partial charge in [0.05, 0.1) is 12.5 Å². The third-order valence-electron chi connectivity index (χ3n) is 4.31. The van der Waals surface area contributed by atoms with Crippen molar-refractivity contribution in [2.24, 2.45) is 0 Å². The van der Waals surface area contributed by atoms with E-state index in [1.54, 1.807) is 0 Å². The number of carbonyl (C=O) groups is 1. The highest BCUT2D eigenvalue weighted by Gasteiger charge is 2.22. The predicted molar refractivity (Wildman–Crippen MR) is 100 cm³/mol. The third kappa shape index (κ3) is 4.00. The smallest absolute Gasteiger partial charge is 0.311 e. The van der Waals surface area contributed by atoms with Crippen molar-refractivity contribution < 1.29 is 14.6 Å². The van der Waals surface area contributed by atoms with E-state index >= 15 is 0 Å². The molecular weight excluding hydrogens is 312 g/mol. The molecule has 0 amide bonds. The highest BCUT2D eigenvalue weighted by atomic mass is 16.5. The molecule has 3 nitrogen and oxygen atoms in total. The van der Waals surface area contributed by atoms with Crippen molar-refractivity contribution in [1.29, 1.82) is 0 Å². The number of rotatable bonds is 7. The van der Waals surface area contributed by atoms with Gasteiger partial charge in [0.2, 0.25) is 0 Å². The van der Waals surface area contributed by atoms with E-state index in [0.717, 1.165) is 34.1 Å². The summed E-state index contributed by atoms with van der Waals surface area (Å²) in [6.45, 7) is 2.72. The minimum Gasteiger partial charge on any atom is -0.494 e. The van der Waals surface area contributed by atoms with Crippen LogP contribution in [0.3, 0.4) is 0 Å². The molecule has 0 aliphatic heterocycles. The molecule has 0 spiro atoms. The lowest BCUT2D eigenvalue weighted by Gasteiger charge is -2.16. The van der Waals surface area contributed by atoms with Crippen LogP contribution in [0.4, 0.5) is 0 Å². The molecule has 0 saturated carbocycles. The number of benzene rings is 3. The minimum absolute atomic E-state index is 0.437. The van der Waals surface area contributed by atoms with Crippen molar-refractivity contribution in [1.82, 2.24) is 0 Å². The molecule has 1 N–H and O–H groups in total. The normalized spacial score (nSPS) is 12.0. The molecule has 0 radical (unpaired) electrons. The second kappa shape index (κ2) is 7.84. The average Bonchev–Trinajstić information content (AvgIpc) is 2.64. The van der Waals surface area contributed by atoms with Crippen LogP contribution in [0.2, 0.25) is 0 Å². The Morgan fingerprint density at radius 2 is 1.80 bits per heavy atom. The molecule has 0 aromatic heterocycles. The van der Waals surface area contributed by atoms with Gasteiger partial charge in [0, 0.05) is 0 Å². The van der Waals surface area contributed by atoms with Gasteiger partial charge in [0.15, 0.2) is 0 Å². The summed E-state index contributed by atoms with van der Waals surface area (Å²) >= 11 is 0. The fourth-order valence-corrected chi connectivity index (χ4v) is 3.10. The summed E-state index contributed by atoms with van der Waals surface area (Å²) in [7, 11) is 0. The van der Waals surface area contributed by atoms with Gasteiger partial charge in [-0.2, -0.15) is 0 Å². The maximum Gasteiger partial charge on any atom is 0.311 e. The van der Waals surface area contributed by atoms with Crippen molar-refractivity contribution in [3.05, 3.63) is 77.9 Å². The standard InChI is InChI=1S/C22H22O3/c1-2-13-25-18-10-5-7-16(14-18)15-21(22(23)24)20-12-6-9-17-8-3-4-11-19(17)20/h3-12,14,21H,2,13,15H2,1H3,(H,23,24). The summed E-state index contributed by atoms with van der Waals surface area (Å²) in [5.74, 6) is -0.606. The van der Waals surface area contributed by atoms with Gasteiger partial charge in [-0.15, -0.1) is 0 Å². The molecule has 1 unspecified atom stereocenters. The van der Waals surface area contributed by atoms with Crippen molar-refractivity contribution in [2.45, 2.75) is 25.7 Å². The first-order valence-electron chi connectivity index (χ1n) is 8.61. The van der Waals surface area contributed by atoms with Crippen molar-refractivity contribution in [2.75, 3.05) is 6.61 Å². The summed E-state index contributed by atoms with van der Waals surface area (Å²) < 4.78 is 5.67. The highest BCUT2D eigenvalue weighted by Crippen LogP contribution is 2.29. The number of ether oxygens (including phenoxy) is 1. The largest absolute Gasteiger partial charge is 0.494 e. The molecule has 0 aliphatic rings. The van der Waals surface area contributed by atoms with Gasteiger partial charge in [0.25, 0.3) is 0 Å². The first-order chi connectivity index (χ1) is 12.2. The fraction of sp³-hybridized carbons (Fsp3) is 0.227. The van der Waals surface area contributed by atoms with Crippen LogP contribution >= 0.6 is 0 Å². The van der Waals surface area contributed by atoms with E-state index in [0.29, 0.717) is 13.0 Å². The van der Waals surface area contributed by atoms with Crippen LogP contribution < -0.4 is 4.74 Å². The summed E-state index contributed by atoms with van der Waals surface area (Å²) in [5.41, 5.74) is 1.82. The zero-order valence-corrected chi connectivity index (χ0v) is 14.3. The molecule has 0 aliphatic carbocycles. The quantitative estimate of drug-likeness (QED) is 0.658. The first kappa shape index (κ1) is 17.0. The van der Waals surface area contributed by atoms with E-state index in [4.69, 9.17) is 4.74 Å². The van der Waals surface area contributed by atoms with Crippen molar-refractivity contribution >= 4 is 16.7 Å². The van der Waals surface area contributed by atoms with Crippen LogP contribution in [-0.2, 0) is 11.2 Å². The van der Waals surface area contributed by atoms with Crippen LogP contribution in [0.1, 0.15) is 30.4 Å². The van der Waals surface area contributed by atoms with Crippen LogP contribution in [0.25, 0.3) is 10.8 Å². The summed E-state index contributed by atoms with van der Waals surface area (Å²) in [6.07, 6.45) is 1.38. The fourth-order valence-electron chi connectivity index (χ4n) is 3.10. The Morgan fingerprint density at radius 1 is 1.04 bits per heavy atom. The molecular formula is C22H22O3. The van der Waals surface area contributed by atoms with Crippen molar-refractivity contribution in [3.8, 4) is 5.75 Å². The van der Waals surface area contributed by atoms with E-state index in [1.165, 1.54) is 0 Å². The van der Waals surface area contributed by atoms with Gasteiger partial charge in [0.1, 0.15) is 5.75 Å². The Morgan fingerprint density at radius 3 is 2.60 bits per heavy atom. The highest BCUT2D eigenvalue weighted by molar-refractivity contribution is 5.90. The lowest BCUT2D eigenvalue weighted by Crippen LogP contribution is -2.15. The molecule has 0 fully saturated rings. The van der Waals surface area contributed by atoms with Gasteiger partial charge in [-0.05, 0) is 46.9 Å². The molecule has 25 heavy (non-hydrogen) atoms. The molecule has 3 aromatic carbocycles. The minimum atomic E-state index is -0.809. The Labute approximate surface area is 147 Å². The van der Waals surface area contributed by atoms with Gasteiger partial charge in [-0.1, -0.05) is 61.5 Å². The zero-order valence-electron chi connectivity index (χ0n) is 14.3. The summed E-state index contributed by atoms with van der Waals surface area (Å²) in [6, 6.07) is 21.5. The van der Waals surface area contributed by atoms with Crippen LogP contribution in [0.5, 0.6) is 5.75 Å². The van der Waals surface area contributed by atoms with Gasteiger partial charge in [-0.25, -0.2) is 0 Å².